The number of H-pyrrole nitrogens is 1. The fourth-order valence-electron chi connectivity index (χ4n) is 0.971. The molecule has 0 saturated heterocycles. The molecule has 78 valence electrons. The minimum Gasteiger partial charge on any atom is -0.440 e. The molecule has 0 atom stereocenters. The number of aromatic nitrogens is 2. The monoisotopic (exact) mass is 289 g/mol. The summed E-state index contributed by atoms with van der Waals surface area (Å²) in [6.45, 7) is 0. The highest BCUT2D eigenvalue weighted by Crippen LogP contribution is 2.20. The summed E-state index contributed by atoms with van der Waals surface area (Å²) in [5.74, 6) is 0.209. The molecule has 1 amide bonds. The maximum absolute atomic E-state index is 11.5. The molecule has 0 spiro atoms. The number of furan rings is 1. The highest BCUT2D eigenvalue weighted by molar-refractivity contribution is 9.10. The first-order valence-corrected chi connectivity index (χ1v) is 5.09. The third kappa shape index (κ3) is 2.21. The molecule has 2 N–H and O–H groups in total. The smallest absolute Gasteiger partial charge is 0.292 e. The normalized spacial score (nSPS) is 10.3. The number of carbonyl (C=O) groups is 1. The Kier molecular flexibility index (Phi) is 2.79. The van der Waals surface area contributed by atoms with Crippen LogP contribution >= 0.6 is 27.5 Å². The van der Waals surface area contributed by atoms with Gasteiger partial charge in [-0.2, -0.15) is 5.10 Å². The molecule has 0 saturated carbocycles. The van der Waals surface area contributed by atoms with Gasteiger partial charge in [-0.3, -0.25) is 9.89 Å². The quantitative estimate of drug-likeness (QED) is 0.893. The van der Waals surface area contributed by atoms with Gasteiger partial charge in [0, 0.05) is 0 Å². The molecule has 15 heavy (non-hydrogen) atoms. The van der Waals surface area contributed by atoms with E-state index in [9.17, 15) is 4.79 Å². The van der Waals surface area contributed by atoms with Gasteiger partial charge in [-0.1, -0.05) is 0 Å². The zero-order valence-electron chi connectivity index (χ0n) is 7.25. The van der Waals surface area contributed by atoms with Crippen molar-refractivity contribution in [2.24, 2.45) is 0 Å². The molecule has 0 aliphatic heterocycles. The number of aromatic amines is 1. The molecule has 0 fully saturated rings. The Balaban J connectivity index is 2.14. The lowest BCUT2D eigenvalue weighted by Gasteiger charge is -1.99. The molecule has 2 heterocycles. The fraction of sp³-hybridized carbons (Fsp3) is 0. The average molecular weight is 291 g/mol. The second-order valence-electron chi connectivity index (χ2n) is 2.65. The van der Waals surface area contributed by atoms with E-state index in [1.165, 1.54) is 18.3 Å². The van der Waals surface area contributed by atoms with Gasteiger partial charge in [-0.05, 0) is 39.7 Å². The minimum absolute atomic E-state index is 0.140. The molecule has 7 heteroatoms. The first kappa shape index (κ1) is 10.3. The highest BCUT2D eigenvalue weighted by atomic mass is 79.9. The molecule has 2 aromatic heterocycles. The summed E-state index contributed by atoms with van der Waals surface area (Å²) in [4.78, 5) is 11.5. The van der Waals surface area contributed by atoms with Gasteiger partial charge < -0.3 is 9.73 Å². The van der Waals surface area contributed by atoms with Crippen molar-refractivity contribution in [3.05, 3.63) is 33.8 Å². The summed E-state index contributed by atoms with van der Waals surface area (Å²) in [7, 11) is 0. The SMILES string of the molecule is O=C(Nc1[nH]ncc1Br)c1ccc(Cl)o1. The van der Waals surface area contributed by atoms with Gasteiger partial charge in [0.25, 0.3) is 5.91 Å². The number of hydrogen-bond donors (Lipinski definition) is 2. The van der Waals surface area contributed by atoms with Gasteiger partial charge in [0.05, 0.1) is 10.7 Å². The van der Waals surface area contributed by atoms with Crippen LogP contribution in [0, 0.1) is 0 Å². The van der Waals surface area contributed by atoms with Crippen molar-refractivity contribution >= 4 is 39.3 Å². The minimum atomic E-state index is -0.396. The molecule has 0 bridgehead atoms. The number of nitrogens with zero attached hydrogens (tertiary/aromatic N) is 1. The Bertz CT molecular complexity index is 494. The molecule has 2 rings (SSSR count). The van der Waals surface area contributed by atoms with Crippen molar-refractivity contribution in [1.82, 2.24) is 10.2 Å². The van der Waals surface area contributed by atoms with Gasteiger partial charge in [-0.15, -0.1) is 0 Å². The molecular weight excluding hydrogens is 285 g/mol. The summed E-state index contributed by atoms with van der Waals surface area (Å²) in [5, 5.41) is 9.07. The van der Waals surface area contributed by atoms with Gasteiger partial charge in [0.15, 0.2) is 11.0 Å². The lowest BCUT2D eigenvalue weighted by molar-refractivity contribution is 0.0996. The van der Waals surface area contributed by atoms with Crippen LogP contribution in [0.4, 0.5) is 5.82 Å². The number of amides is 1. The number of carbonyl (C=O) groups excluding carboxylic acids is 1. The largest absolute Gasteiger partial charge is 0.440 e. The topological polar surface area (TPSA) is 70.9 Å². The summed E-state index contributed by atoms with van der Waals surface area (Å²) in [6, 6.07) is 2.99. The van der Waals surface area contributed by atoms with Crippen molar-refractivity contribution in [1.29, 1.82) is 0 Å². The van der Waals surface area contributed by atoms with Crippen molar-refractivity contribution in [3.8, 4) is 0 Å². The Morgan fingerprint density at radius 3 is 2.93 bits per heavy atom. The van der Waals surface area contributed by atoms with E-state index < -0.39 is 5.91 Å². The van der Waals surface area contributed by atoms with Crippen LogP contribution in [-0.4, -0.2) is 16.1 Å². The maximum Gasteiger partial charge on any atom is 0.292 e. The van der Waals surface area contributed by atoms with Crippen LogP contribution in [0.15, 0.2) is 27.2 Å². The first-order valence-electron chi connectivity index (χ1n) is 3.92. The van der Waals surface area contributed by atoms with Gasteiger partial charge in [0.2, 0.25) is 0 Å². The number of anilines is 1. The van der Waals surface area contributed by atoms with Gasteiger partial charge in [-0.25, -0.2) is 0 Å². The number of rotatable bonds is 2. The van der Waals surface area contributed by atoms with Crippen molar-refractivity contribution < 1.29 is 9.21 Å². The summed E-state index contributed by atoms with van der Waals surface area (Å²) < 4.78 is 5.60. The fourth-order valence-corrected chi connectivity index (χ4v) is 1.41. The standard InChI is InChI=1S/C8H5BrClN3O2/c9-4-3-11-13-7(4)12-8(14)5-1-2-6(10)15-5/h1-3H,(H2,11,12,13,14). The van der Waals surface area contributed by atoms with Crippen LogP contribution < -0.4 is 5.32 Å². The summed E-state index contributed by atoms with van der Waals surface area (Å²) in [5.41, 5.74) is 0. The van der Waals surface area contributed by atoms with E-state index in [-0.39, 0.29) is 11.0 Å². The van der Waals surface area contributed by atoms with Crippen LogP contribution in [0.2, 0.25) is 5.22 Å². The van der Waals surface area contributed by atoms with E-state index in [0.717, 1.165) is 0 Å². The van der Waals surface area contributed by atoms with Gasteiger partial charge >= 0.3 is 0 Å². The molecule has 0 radical (unpaired) electrons. The van der Waals surface area contributed by atoms with E-state index in [4.69, 9.17) is 16.0 Å². The van der Waals surface area contributed by atoms with Gasteiger partial charge in [0.1, 0.15) is 5.82 Å². The second kappa shape index (κ2) is 4.08. The highest BCUT2D eigenvalue weighted by Gasteiger charge is 2.12. The molecule has 0 aliphatic carbocycles. The molecule has 0 unspecified atom stereocenters. The molecular formula is C8H5BrClN3O2. The van der Waals surface area contributed by atoms with E-state index in [2.05, 4.69) is 31.4 Å². The number of halogens is 2. The third-order valence-electron chi connectivity index (χ3n) is 1.63. The van der Waals surface area contributed by atoms with E-state index in [1.54, 1.807) is 0 Å². The molecule has 2 aromatic rings. The maximum atomic E-state index is 11.5. The zero-order chi connectivity index (χ0) is 10.8. The van der Waals surface area contributed by atoms with E-state index >= 15 is 0 Å². The van der Waals surface area contributed by atoms with Crippen LogP contribution in [0.25, 0.3) is 0 Å². The van der Waals surface area contributed by atoms with Crippen molar-refractivity contribution in [2.45, 2.75) is 0 Å². The Hall–Kier alpha value is -1.27. The third-order valence-corrected chi connectivity index (χ3v) is 2.43. The Labute approximate surface area is 97.9 Å². The first-order chi connectivity index (χ1) is 7.16. The predicted octanol–water partition coefficient (Wildman–Crippen LogP) is 2.67. The second-order valence-corrected chi connectivity index (χ2v) is 3.88. The van der Waals surface area contributed by atoms with Crippen LogP contribution in [-0.2, 0) is 0 Å². The summed E-state index contributed by atoms with van der Waals surface area (Å²) >= 11 is 8.75. The lowest BCUT2D eigenvalue weighted by Crippen LogP contribution is -2.11. The number of hydrogen-bond acceptors (Lipinski definition) is 3. The molecule has 0 aliphatic rings. The Morgan fingerprint density at radius 2 is 2.40 bits per heavy atom. The summed E-state index contributed by atoms with van der Waals surface area (Å²) in [6.07, 6.45) is 1.53. The van der Waals surface area contributed by atoms with Crippen LogP contribution in [0.5, 0.6) is 0 Å². The predicted molar refractivity (Wildman–Crippen MR) is 58.0 cm³/mol. The average Bonchev–Trinajstić information content (AvgIpc) is 2.77. The molecule has 5 nitrogen and oxygen atoms in total. The lowest BCUT2D eigenvalue weighted by atomic mass is 10.4. The zero-order valence-corrected chi connectivity index (χ0v) is 9.59. The van der Waals surface area contributed by atoms with Crippen molar-refractivity contribution in [2.75, 3.05) is 5.32 Å². The van der Waals surface area contributed by atoms with Crippen molar-refractivity contribution in [3.63, 3.8) is 0 Å². The van der Waals surface area contributed by atoms with E-state index in [0.29, 0.717) is 10.3 Å². The number of nitrogens with one attached hydrogen (secondary N) is 2. The van der Waals surface area contributed by atoms with Crippen LogP contribution in [0.3, 0.4) is 0 Å². The molecule has 0 aromatic carbocycles. The Morgan fingerprint density at radius 1 is 1.60 bits per heavy atom. The van der Waals surface area contributed by atoms with E-state index in [1.807, 2.05) is 0 Å². The van der Waals surface area contributed by atoms with Crippen LogP contribution in [0.1, 0.15) is 10.6 Å².